The molecule has 1 aromatic rings. The van der Waals surface area contributed by atoms with Crippen molar-refractivity contribution in [2.24, 2.45) is 5.92 Å². The van der Waals surface area contributed by atoms with Gasteiger partial charge in [-0.15, -0.1) is 0 Å². The summed E-state index contributed by atoms with van der Waals surface area (Å²) in [5, 5.41) is 8.62. The minimum Gasteiger partial charge on any atom is -0.494 e. The number of hydrogen-bond acceptors (Lipinski definition) is 6. The van der Waals surface area contributed by atoms with E-state index < -0.39 is 27.3 Å². The Kier molecular flexibility index (Phi) is 5.10. The molecule has 0 amide bonds. The Bertz CT molecular complexity index is 749. The van der Waals surface area contributed by atoms with Gasteiger partial charge in [-0.3, -0.25) is 9.59 Å². The van der Waals surface area contributed by atoms with Gasteiger partial charge in [0.05, 0.1) is 18.2 Å². The molecule has 0 heterocycles. The number of halogens is 1. The van der Waals surface area contributed by atoms with E-state index in [9.17, 15) is 18.0 Å². The van der Waals surface area contributed by atoms with Crippen LogP contribution in [0.25, 0.3) is 0 Å². The highest BCUT2D eigenvalue weighted by atomic mass is 35.5. The molecule has 0 aliphatic carbocycles. The zero-order chi connectivity index (χ0) is 16.4. The molecule has 0 aromatic heterocycles. The Morgan fingerprint density at radius 1 is 1.38 bits per heavy atom. The third-order valence-electron chi connectivity index (χ3n) is 2.73. The predicted octanol–water partition coefficient (Wildman–Crippen LogP) is 1.66. The van der Waals surface area contributed by atoms with E-state index >= 15 is 0 Å². The fourth-order valence-electron chi connectivity index (χ4n) is 1.70. The third kappa shape index (κ3) is 3.40. The fraction of sp³-hybridized carbons (Fsp3) is 0.308. The summed E-state index contributed by atoms with van der Waals surface area (Å²) in [7, 11) is -2.40. The minimum atomic E-state index is -3.61. The van der Waals surface area contributed by atoms with Crippen LogP contribution in [-0.2, 0) is 14.6 Å². The van der Waals surface area contributed by atoms with E-state index in [0.717, 1.165) is 25.3 Å². The van der Waals surface area contributed by atoms with Gasteiger partial charge in [0.15, 0.2) is 33.1 Å². The minimum absolute atomic E-state index is 0.136. The molecule has 0 spiro atoms. The number of ether oxygens (including phenoxy) is 1. The number of methoxy groups -OCH3 is 1. The largest absolute Gasteiger partial charge is 0.494 e. The Balaban J connectivity index is 3.53. The predicted molar refractivity (Wildman–Crippen MR) is 75.2 cm³/mol. The van der Waals surface area contributed by atoms with Crippen molar-refractivity contribution in [3.8, 4) is 11.8 Å². The molecular weight excluding hydrogens is 318 g/mol. The van der Waals surface area contributed by atoms with E-state index in [1.165, 1.54) is 7.11 Å². The number of nitriles is 1. The second-order valence-corrected chi connectivity index (χ2v) is 6.63. The second kappa shape index (κ2) is 6.24. The van der Waals surface area contributed by atoms with Gasteiger partial charge in [-0.05, 0) is 19.1 Å². The van der Waals surface area contributed by atoms with Crippen LogP contribution >= 0.6 is 11.6 Å². The number of carbonyl (C=O) groups is 2. The molecule has 1 rings (SSSR count). The van der Waals surface area contributed by atoms with Gasteiger partial charge in [0.25, 0.3) is 0 Å². The van der Waals surface area contributed by atoms with Gasteiger partial charge in [-0.25, -0.2) is 8.42 Å². The number of ketones is 2. The molecule has 6 nitrogen and oxygen atoms in total. The van der Waals surface area contributed by atoms with E-state index in [2.05, 4.69) is 0 Å². The molecule has 0 saturated carbocycles. The lowest BCUT2D eigenvalue weighted by Crippen LogP contribution is -2.21. The van der Waals surface area contributed by atoms with Crippen LogP contribution in [0.5, 0.6) is 5.75 Å². The molecule has 0 radical (unpaired) electrons. The quantitative estimate of drug-likeness (QED) is 0.601. The first kappa shape index (κ1) is 17.1. The summed E-state index contributed by atoms with van der Waals surface area (Å²) in [6, 6.07) is 3.91. The summed E-state index contributed by atoms with van der Waals surface area (Å²) >= 11 is 5.99. The maximum atomic E-state index is 12.1. The topological polar surface area (TPSA) is 101 Å². The zero-order valence-corrected chi connectivity index (χ0v) is 13.1. The lowest BCUT2D eigenvalue weighted by molar-refractivity contribution is -0.118. The van der Waals surface area contributed by atoms with Gasteiger partial charge in [-0.1, -0.05) is 11.6 Å². The highest BCUT2D eigenvalue weighted by Crippen LogP contribution is 2.35. The summed E-state index contributed by atoms with van der Waals surface area (Å²) in [6.07, 6.45) is 0.969. The Morgan fingerprint density at radius 3 is 2.33 bits per heavy atom. The normalized spacial score (nSPS) is 12.3. The van der Waals surface area contributed by atoms with Gasteiger partial charge in [-0.2, -0.15) is 5.26 Å². The summed E-state index contributed by atoms with van der Waals surface area (Å²) in [5.74, 6) is -3.10. The van der Waals surface area contributed by atoms with Crippen molar-refractivity contribution in [1.29, 1.82) is 5.26 Å². The van der Waals surface area contributed by atoms with Crippen LogP contribution in [0.4, 0.5) is 0 Å². The van der Waals surface area contributed by atoms with E-state index in [4.69, 9.17) is 21.6 Å². The lowest BCUT2D eigenvalue weighted by Gasteiger charge is -2.13. The molecule has 21 heavy (non-hydrogen) atoms. The molecule has 0 bridgehead atoms. The van der Waals surface area contributed by atoms with Crippen molar-refractivity contribution in [1.82, 2.24) is 0 Å². The van der Waals surface area contributed by atoms with Gasteiger partial charge in [0.2, 0.25) is 0 Å². The van der Waals surface area contributed by atoms with Crippen LogP contribution in [0.3, 0.4) is 0 Å². The summed E-state index contributed by atoms with van der Waals surface area (Å²) in [5.41, 5.74) is -0.136. The first-order chi connectivity index (χ1) is 9.65. The third-order valence-corrected chi connectivity index (χ3v) is 4.22. The van der Waals surface area contributed by atoms with Gasteiger partial charge >= 0.3 is 0 Å². The first-order valence-electron chi connectivity index (χ1n) is 5.66. The first-order valence-corrected chi connectivity index (χ1v) is 7.93. The standard InChI is InChI=1S/C13H12ClNO5S/c1-7(16)9(6-15)12(17)8-4-5-10(21(3,18)19)13(20-2)11(8)14/h4-5,9H,1-3H3. The molecule has 112 valence electrons. The zero-order valence-electron chi connectivity index (χ0n) is 11.5. The van der Waals surface area contributed by atoms with E-state index in [0.29, 0.717) is 0 Å². The molecule has 0 fully saturated rings. The van der Waals surface area contributed by atoms with E-state index in [-0.39, 0.29) is 21.2 Å². The molecule has 8 heteroatoms. The number of nitrogens with zero attached hydrogens (tertiary/aromatic N) is 1. The van der Waals surface area contributed by atoms with Crippen LogP contribution in [0.2, 0.25) is 5.02 Å². The van der Waals surface area contributed by atoms with Gasteiger partial charge in [0.1, 0.15) is 4.90 Å². The van der Waals surface area contributed by atoms with Crippen LogP contribution in [0.15, 0.2) is 17.0 Å². The molecule has 0 aliphatic heterocycles. The van der Waals surface area contributed by atoms with Crippen molar-refractivity contribution in [3.63, 3.8) is 0 Å². The SMILES string of the molecule is COc1c(S(C)(=O)=O)ccc(C(=O)C(C#N)C(C)=O)c1Cl. The highest BCUT2D eigenvalue weighted by molar-refractivity contribution is 7.90. The number of carbonyl (C=O) groups excluding carboxylic acids is 2. The molecule has 0 aliphatic rings. The number of sulfone groups is 1. The lowest BCUT2D eigenvalue weighted by atomic mass is 9.95. The second-order valence-electron chi connectivity index (χ2n) is 4.27. The summed E-state index contributed by atoms with van der Waals surface area (Å²) in [4.78, 5) is 23.2. The van der Waals surface area contributed by atoms with Crippen molar-refractivity contribution in [3.05, 3.63) is 22.7 Å². The monoisotopic (exact) mass is 329 g/mol. The molecule has 1 atom stereocenters. The molecule has 1 unspecified atom stereocenters. The maximum Gasteiger partial charge on any atom is 0.189 e. The number of rotatable bonds is 5. The number of hydrogen-bond donors (Lipinski definition) is 0. The van der Waals surface area contributed by atoms with Crippen LogP contribution in [0.1, 0.15) is 17.3 Å². The highest BCUT2D eigenvalue weighted by Gasteiger charge is 2.29. The van der Waals surface area contributed by atoms with Crippen molar-refractivity contribution in [2.75, 3.05) is 13.4 Å². The molecule has 1 aromatic carbocycles. The van der Waals surface area contributed by atoms with Gasteiger partial charge < -0.3 is 4.74 Å². The van der Waals surface area contributed by atoms with Crippen molar-refractivity contribution in [2.45, 2.75) is 11.8 Å². The fourth-order valence-corrected chi connectivity index (χ4v) is 2.93. The smallest absolute Gasteiger partial charge is 0.189 e. The maximum absolute atomic E-state index is 12.1. The molecule has 0 saturated heterocycles. The van der Waals surface area contributed by atoms with E-state index in [1.54, 1.807) is 6.07 Å². The summed E-state index contributed by atoms with van der Waals surface area (Å²) in [6.45, 7) is 1.11. The Hall–Kier alpha value is -1.91. The van der Waals surface area contributed by atoms with Gasteiger partial charge in [0, 0.05) is 11.8 Å². The average Bonchev–Trinajstić information content (AvgIpc) is 2.37. The van der Waals surface area contributed by atoms with Crippen LogP contribution in [-0.4, -0.2) is 33.3 Å². The summed E-state index contributed by atoms with van der Waals surface area (Å²) < 4.78 is 28.2. The van der Waals surface area contributed by atoms with Crippen molar-refractivity contribution >= 4 is 33.0 Å². The van der Waals surface area contributed by atoms with Crippen molar-refractivity contribution < 1.29 is 22.7 Å². The number of Topliss-reactive ketones (excluding diaryl/α,β-unsaturated/α-hetero) is 2. The van der Waals surface area contributed by atoms with E-state index in [1.807, 2.05) is 0 Å². The Morgan fingerprint density at radius 2 is 1.95 bits per heavy atom. The van der Waals surface area contributed by atoms with Crippen LogP contribution in [0, 0.1) is 17.2 Å². The molecule has 0 N–H and O–H groups in total. The average molecular weight is 330 g/mol. The van der Waals surface area contributed by atoms with Crippen LogP contribution < -0.4 is 4.74 Å². The number of benzene rings is 1. The molecular formula is C13H12ClNO5S. The Labute approximate surface area is 127 Å².